The van der Waals surface area contributed by atoms with Crippen LogP contribution >= 0.6 is 24.0 Å². The summed E-state index contributed by atoms with van der Waals surface area (Å²) in [6.45, 7) is 2.60. The van der Waals surface area contributed by atoms with Crippen LogP contribution in [0.15, 0.2) is 29.3 Å². The second-order valence-electron chi connectivity index (χ2n) is 6.47. The lowest BCUT2D eigenvalue weighted by atomic mass is 10.2. The van der Waals surface area contributed by atoms with Crippen molar-refractivity contribution in [2.24, 2.45) is 4.99 Å². The molecule has 0 aromatic heterocycles. The average Bonchev–Trinajstić information content (AvgIpc) is 3.24. The van der Waals surface area contributed by atoms with Crippen LogP contribution in [0, 0.1) is 0 Å². The number of para-hydroxylation sites is 1. The van der Waals surface area contributed by atoms with Crippen LogP contribution in [0.2, 0.25) is 0 Å². The molecule has 0 radical (unpaired) electrons. The Morgan fingerprint density at radius 2 is 2.20 bits per heavy atom. The summed E-state index contributed by atoms with van der Waals surface area (Å²) in [5.74, 6) is 0.768. The lowest BCUT2D eigenvalue weighted by Gasteiger charge is -2.24. The molecule has 0 spiro atoms. The van der Waals surface area contributed by atoms with Crippen molar-refractivity contribution in [2.45, 2.75) is 25.4 Å². The number of nitrogens with zero attached hydrogens (tertiary/aromatic N) is 3. The highest BCUT2D eigenvalue weighted by Crippen LogP contribution is 2.27. The highest BCUT2D eigenvalue weighted by atomic mass is 127. The first-order valence-electron chi connectivity index (χ1n) is 8.60. The molecule has 1 saturated heterocycles. The summed E-state index contributed by atoms with van der Waals surface area (Å²) in [6, 6.07) is 8.37. The monoisotopic (exact) mass is 458 g/mol. The number of nitrogens with one attached hydrogen (secondary N) is 1. The van der Waals surface area contributed by atoms with Crippen molar-refractivity contribution in [3.05, 3.63) is 29.8 Å². The van der Waals surface area contributed by atoms with Crippen LogP contribution in [-0.2, 0) is 16.0 Å². The van der Waals surface area contributed by atoms with Crippen molar-refractivity contribution in [1.82, 2.24) is 10.2 Å². The summed E-state index contributed by atoms with van der Waals surface area (Å²) in [5, 5.41) is 3.42. The third kappa shape index (κ3) is 5.07. The number of carbonyl (C=O) groups is 1. The number of guanidine groups is 1. The molecule has 2 heterocycles. The maximum absolute atomic E-state index is 11.9. The number of hydrogen-bond donors (Lipinski definition) is 1. The predicted molar refractivity (Wildman–Crippen MR) is 111 cm³/mol. The van der Waals surface area contributed by atoms with E-state index in [-0.39, 0.29) is 42.5 Å². The maximum atomic E-state index is 11.9. The molecule has 0 bridgehead atoms. The molecule has 0 aliphatic carbocycles. The molecule has 1 aromatic rings. The van der Waals surface area contributed by atoms with Crippen molar-refractivity contribution >= 4 is 41.5 Å². The summed E-state index contributed by atoms with van der Waals surface area (Å²) in [6.07, 6.45) is 3.42. The van der Waals surface area contributed by atoms with Gasteiger partial charge in [-0.2, -0.15) is 0 Å². The molecule has 138 valence electrons. The zero-order chi connectivity index (χ0) is 16.9. The summed E-state index contributed by atoms with van der Waals surface area (Å²) < 4.78 is 5.69. The molecule has 3 rings (SSSR count). The minimum atomic E-state index is -0.00102. The Kier molecular flexibility index (Phi) is 7.49. The normalized spacial score (nSPS) is 19.4. The first-order valence-corrected chi connectivity index (χ1v) is 8.60. The minimum Gasteiger partial charge on any atom is -0.376 e. The predicted octanol–water partition coefficient (Wildman–Crippen LogP) is 1.88. The SMILES string of the molecule is CN(C)C(=O)CN=C(NCC1CCCO1)N1CCc2ccccc21.I. The molecule has 1 atom stereocenters. The summed E-state index contributed by atoms with van der Waals surface area (Å²) in [5.41, 5.74) is 2.50. The van der Waals surface area contributed by atoms with Gasteiger partial charge in [-0.05, 0) is 30.9 Å². The van der Waals surface area contributed by atoms with Crippen LogP contribution in [0.3, 0.4) is 0 Å². The average molecular weight is 458 g/mol. The van der Waals surface area contributed by atoms with E-state index in [4.69, 9.17) is 4.74 Å². The van der Waals surface area contributed by atoms with Crippen LogP contribution in [0.25, 0.3) is 0 Å². The number of anilines is 1. The smallest absolute Gasteiger partial charge is 0.243 e. The van der Waals surface area contributed by atoms with Crippen LogP contribution in [-0.4, -0.2) is 63.2 Å². The number of carbonyl (C=O) groups excluding carboxylic acids is 1. The molecule has 6 nitrogen and oxygen atoms in total. The Morgan fingerprint density at radius 3 is 2.92 bits per heavy atom. The summed E-state index contributed by atoms with van der Waals surface area (Å²) in [4.78, 5) is 20.2. The van der Waals surface area contributed by atoms with Crippen molar-refractivity contribution in [1.29, 1.82) is 0 Å². The number of amides is 1. The van der Waals surface area contributed by atoms with Gasteiger partial charge in [-0.25, -0.2) is 4.99 Å². The van der Waals surface area contributed by atoms with Crippen molar-refractivity contribution < 1.29 is 9.53 Å². The molecule has 25 heavy (non-hydrogen) atoms. The molecule has 1 aromatic carbocycles. The number of halogens is 1. The van der Waals surface area contributed by atoms with Crippen LogP contribution in [0.4, 0.5) is 5.69 Å². The molecule has 0 saturated carbocycles. The van der Waals surface area contributed by atoms with Gasteiger partial charge in [-0.1, -0.05) is 18.2 Å². The van der Waals surface area contributed by atoms with Crippen LogP contribution in [0.5, 0.6) is 0 Å². The van der Waals surface area contributed by atoms with Gasteiger partial charge >= 0.3 is 0 Å². The Balaban J connectivity index is 0.00000225. The number of ether oxygens (including phenoxy) is 1. The fraction of sp³-hybridized carbons (Fsp3) is 0.556. The van der Waals surface area contributed by atoms with Gasteiger partial charge in [0.25, 0.3) is 0 Å². The maximum Gasteiger partial charge on any atom is 0.243 e. The topological polar surface area (TPSA) is 57.2 Å². The third-order valence-corrected chi connectivity index (χ3v) is 4.52. The second-order valence-corrected chi connectivity index (χ2v) is 6.47. The standard InChI is InChI=1S/C18H26N4O2.HI/c1-21(2)17(23)13-20-18(19-12-15-7-5-11-24-15)22-10-9-14-6-3-4-8-16(14)22;/h3-4,6,8,15H,5,7,9-13H2,1-2H3,(H,19,20);1H. The van der Waals surface area contributed by atoms with Crippen molar-refractivity contribution in [2.75, 3.05) is 45.2 Å². The van der Waals surface area contributed by atoms with Gasteiger partial charge in [0, 0.05) is 39.5 Å². The van der Waals surface area contributed by atoms with E-state index in [2.05, 4.69) is 33.4 Å². The molecule has 1 amide bonds. The first-order chi connectivity index (χ1) is 11.6. The Bertz CT molecular complexity index is 615. The zero-order valence-corrected chi connectivity index (χ0v) is 17.2. The fourth-order valence-electron chi connectivity index (χ4n) is 3.09. The number of likely N-dealkylation sites (N-methyl/N-ethyl adjacent to an activating group) is 1. The van der Waals surface area contributed by atoms with Crippen molar-refractivity contribution in [3.63, 3.8) is 0 Å². The van der Waals surface area contributed by atoms with Gasteiger partial charge in [0.15, 0.2) is 5.96 Å². The summed E-state index contributed by atoms with van der Waals surface area (Å²) >= 11 is 0. The van der Waals surface area contributed by atoms with Gasteiger partial charge in [0.2, 0.25) is 5.91 Å². The highest BCUT2D eigenvalue weighted by molar-refractivity contribution is 14.0. The van der Waals surface area contributed by atoms with E-state index in [9.17, 15) is 4.79 Å². The Hall–Kier alpha value is -1.35. The number of benzene rings is 1. The van der Waals surface area contributed by atoms with E-state index in [1.54, 1.807) is 19.0 Å². The van der Waals surface area contributed by atoms with E-state index in [1.807, 2.05) is 6.07 Å². The van der Waals surface area contributed by atoms with E-state index in [0.29, 0.717) is 0 Å². The Morgan fingerprint density at radius 1 is 1.40 bits per heavy atom. The van der Waals surface area contributed by atoms with Crippen LogP contribution in [0.1, 0.15) is 18.4 Å². The number of aliphatic imine (C=N–C) groups is 1. The van der Waals surface area contributed by atoms with Gasteiger partial charge in [-0.3, -0.25) is 4.79 Å². The molecule has 1 N–H and O–H groups in total. The van der Waals surface area contributed by atoms with Gasteiger partial charge in [0.1, 0.15) is 6.54 Å². The first kappa shape index (κ1) is 20.0. The highest BCUT2D eigenvalue weighted by Gasteiger charge is 2.24. The molecule has 1 fully saturated rings. The zero-order valence-electron chi connectivity index (χ0n) is 14.9. The second kappa shape index (κ2) is 9.38. The minimum absolute atomic E-state index is 0. The molecular formula is C18H27IN4O2. The van der Waals surface area contributed by atoms with Gasteiger partial charge in [-0.15, -0.1) is 24.0 Å². The van der Waals surface area contributed by atoms with Crippen molar-refractivity contribution in [3.8, 4) is 0 Å². The molecule has 7 heteroatoms. The lowest BCUT2D eigenvalue weighted by molar-refractivity contribution is -0.127. The quantitative estimate of drug-likeness (QED) is 0.426. The van der Waals surface area contributed by atoms with Crippen LogP contribution < -0.4 is 10.2 Å². The molecule has 2 aliphatic rings. The third-order valence-electron chi connectivity index (χ3n) is 4.52. The fourth-order valence-corrected chi connectivity index (χ4v) is 3.09. The lowest BCUT2D eigenvalue weighted by Crippen LogP contribution is -2.44. The number of rotatable bonds is 4. The van der Waals surface area contributed by atoms with E-state index in [0.717, 1.165) is 44.9 Å². The molecular weight excluding hydrogens is 431 g/mol. The van der Waals surface area contributed by atoms with E-state index < -0.39 is 0 Å². The number of fused-ring (bicyclic) bond motifs is 1. The summed E-state index contributed by atoms with van der Waals surface area (Å²) in [7, 11) is 3.50. The number of hydrogen-bond acceptors (Lipinski definition) is 3. The Labute approximate surface area is 166 Å². The van der Waals surface area contributed by atoms with Gasteiger partial charge < -0.3 is 19.9 Å². The van der Waals surface area contributed by atoms with E-state index >= 15 is 0 Å². The largest absolute Gasteiger partial charge is 0.376 e. The van der Waals surface area contributed by atoms with Gasteiger partial charge in [0.05, 0.1) is 6.10 Å². The van der Waals surface area contributed by atoms with E-state index in [1.165, 1.54) is 11.3 Å². The molecule has 2 aliphatic heterocycles. The molecule has 1 unspecified atom stereocenters.